The van der Waals surface area contributed by atoms with E-state index in [2.05, 4.69) is 50.2 Å². The van der Waals surface area contributed by atoms with Crippen LogP contribution in [0.2, 0.25) is 0 Å². The Labute approximate surface area is 140 Å². The van der Waals surface area contributed by atoms with Crippen LogP contribution < -0.4 is 5.32 Å². The van der Waals surface area contributed by atoms with Crippen LogP contribution in [-0.2, 0) is 11.2 Å². The van der Waals surface area contributed by atoms with Crippen molar-refractivity contribution >= 4 is 11.5 Å². The fourth-order valence-corrected chi connectivity index (χ4v) is 3.14. The van der Waals surface area contributed by atoms with E-state index in [1.807, 2.05) is 12.1 Å². The largest absolute Gasteiger partial charge is 0.373 e. The maximum Gasteiger partial charge on any atom is 0.200 e. The van der Waals surface area contributed by atoms with Gasteiger partial charge in [0.25, 0.3) is 0 Å². The molecule has 124 valence electrons. The van der Waals surface area contributed by atoms with Gasteiger partial charge in [-0.15, -0.1) is 14.8 Å². The number of tetrazole rings is 1. The highest BCUT2D eigenvalue weighted by molar-refractivity contribution is 5.41. The predicted molar refractivity (Wildman–Crippen MR) is 89.8 cm³/mol. The van der Waals surface area contributed by atoms with E-state index < -0.39 is 0 Å². The van der Waals surface area contributed by atoms with Gasteiger partial charge in [0.2, 0.25) is 0 Å². The second-order valence-corrected chi connectivity index (χ2v) is 5.98. The highest BCUT2D eigenvalue weighted by Gasteiger charge is 2.19. The van der Waals surface area contributed by atoms with Crippen LogP contribution >= 0.6 is 0 Å². The number of nitrogens with zero attached hydrogens (tertiary/aromatic N) is 5. The minimum Gasteiger partial charge on any atom is -0.373 e. The molecule has 0 radical (unpaired) electrons. The van der Waals surface area contributed by atoms with Gasteiger partial charge in [0, 0.05) is 13.2 Å². The van der Waals surface area contributed by atoms with E-state index in [-0.39, 0.29) is 6.10 Å². The fraction of sp³-hybridized carbons (Fsp3) is 0.412. The van der Waals surface area contributed by atoms with Crippen LogP contribution in [0.25, 0.3) is 5.65 Å². The standard InChI is InChI=1S/C17H20N6O/c1-2-7-14-13(5-1)6-3-8-15(14)24-12-4-11-18-16-9-10-17-19-21-22-23(17)20-16/h1-2,5,7,9-10,15H,3-4,6,8,11-12H2,(H,18,20)/t15-/m1/s1. The van der Waals surface area contributed by atoms with Crippen molar-refractivity contribution in [2.45, 2.75) is 31.8 Å². The average Bonchev–Trinajstić information content (AvgIpc) is 3.09. The molecule has 3 aromatic rings. The number of anilines is 1. The van der Waals surface area contributed by atoms with Crippen molar-refractivity contribution in [2.24, 2.45) is 0 Å². The molecule has 0 bridgehead atoms. The van der Waals surface area contributed by atoms with Gasteiger partial charge in [0.05, 0.1) is 6.10 Å². The topological polar surface area (TPSA) is 77.2 Å². The molecule has 0 spiro atoms. The second kappa shape index (κ2) is 6.92. The predicted octanol–water partition coefficient (Wildman–Crippen LogP) is 2.42. The van der Waals surface area contributed by atoms with Crippen molar-refractivity contribution in [3.8, 4) is 0 Å². The third kappa shape index (κ3) is 3.21. The van der Waals surface area contributed by atoms with E-state index in [1.54, 1.807) is 0 Å². The van der Waals surface area contributed by atoms with Gasteiger partial charge in [-0.2, -0.15) is 0 Å². The molecule has 1 atom stereocenters. The summed E-state index contributed by atoms with van der Waals surface area (Å²) in [4.78, 5) is 0. The number of hydrogen-bond donors (Lipinski definition) is 1. The van der Waals surface area contributed by atoms with Crippen LogP contribution in [-0.4, -0.2) is 38.4 Å². The van der Waals surface area contributed by atoms with Crippen LogP contribution in [0.1, 0.15) is 36.5 Å². The first-order valence-electron chi connectivity index (χ1n) is 8.39. The van der Waals surface area contributed by atoms with Gasteiger partial charge in [-0.1, -0.05) is 24.3 Å². The molecule has 0 fully saturated rings. The monoisotopic (exact) mass is 324 g/mol. The van der Waals surface area contributed by atoms with Gasteiger partial charge in [0.15, 0.2) is 5.65 Å². The summed E-state index contributed by atoms with van der Waals surface area (Å²) in [5.41, 5.74) is 3.44. The van der Waals surface area contributed by atoms with Crippen molar-refractivity contribution in [2.75, 3.05) is 18.5 Å². The number of aromatic nitrogens is 5. The molecule has 4 rings (SSSR count). The summed E-state index contributed by atoms with van der Waals surface area (Å²) in [5, 5.41) is 18.7. The van der Waals surface area contributed by atoms with Crippen molar-refractivity contribution in [3.05, 3.63) is 47.5 Å². The maximum absolute atomic E-state index is 6.11. The molecule has 1 aromatic carbocycles. The van der Waals surface area contributed by atoms with Gasteiger partial charge >= 0.3 is 0 Å². The Kier molecular flexibility index (Phi) is 4.33. The molecule has 0 aliphatic heterocycles. The maximum atomic E-state index is 6.11. The molecule has 7 heteroatoms. The molecule has 0 amide bonds. The van der Waals surface area contributed by atoms with Gasteiger partial charge in [-0.25, -0.2) is 0 Å². The number of rotatable bonds is 6. The summed E-state index contributed by atoms with van der Waals surface area (Å²) < 4.78 is 7.52. The van der Waals surface area contributed by atoms with Crippen LogP contribution in [0.3, 0.4) is 0 Å². The number of hydrogen-bond acceptors (Lipinski definition) is 6. The van der Waals surface area contributed by atoms with E-state index in [0.717, 1.165) is 31.8 Å². The van der Waals surface area contributed by atoms with Crippen LogP contribution in [0, 0.1) is 0 Å². The molecule has 0 saturated carbocycles. The van der Waals surface area contributed by atoms with Gasteiger partial charge in [-0.3, -0.25) is 0 Å². The number of nitrogens with one attached hydrogen (secondary N) is 1. The summed E-state index contributed by atoms with van der Waals surface area (Å²) in [7, 11) is 0. The molecule has 0 unspecified atom stereocenters. The molecule has 1 N–H and O–H groups in total. The van der Waals surface area contributed by atoms with Crippen molar-refractivity contribution in [3.63, 3.8) is 0 Å². The Balaban J connectivity index is 1.25. The number of ether oxygens (including phenoxy) is 1. The van der Waals surface area contributed by atoms with Crippen molar-refractivity contribution < 1.29 is 4.74 Å². The zero-order valence-corrected chi connectivity index (χ0v) is 13.4. The summed E-state index contributed by atoms with van der Waals surface area (Å²) in [6.45, 7) is 1.54. The first-order valence-corrected chi connectivity index (χ1v) is 8.39. The average molecular weight is 324 g/mol. The summed E-state index contributed by atoms with van der Waals surface area (Å²) in [6.07, 6.45) is 4.65. The summed E-state index contributed by atoms with van der Waals surface area (Å²) in [5.74, 6) is 0.762. The minimum absolute atomic E-state index is 0.241. The quantitative estimate of drug-likeness (QED) is 0.702. The lowest BCUT2D eigenvalue weighted by atomic mass is 9.89. The van der Waals surface area contributed by atoms with Crippen LogP contribution in [0.5, 0.6) is 0 Å². The zero-order chi connectivity index (χ0) is 16.2. The lowest BCUT2D eigenvalue weighted by molar-refractivity contribution is 0.0406. The third-order valence-corrected chi connectivity index (χ3v) is 4.33. The zero-order valence-electron chi connectivity index (χ0n) is 13.4. The van der Waals surface area contributed by atoms with E-state index in [9.17, 15) is 0 Å². The Bertz CT molecular complexity index is 817. The number of benzene rings is 1. The van der Waals surface area contributed by atoms with E-state index in [1.165, 1.54) is 28.6 Å². The second-order valence-electron chi connectivity index (χ2n) is 5.98. The van der Waals surface area contributed by atoms with Crippen LogP contribution in [0.4, 0.5) is 5.82 Å². The molecular formula is C17H20N6O. The first-order chi connectivity index (χ1) is 11.9. The third-order valence-electron chi connectivity index (χ3n) is 4.33. The van der Waals surface area contributed by atoms with Crippen molar-refractivity contribution in [1.29, 1.82) is 0 Å². The lowest BCUT2D eigenvalue weighted by Gasteiger charge is -2.25. The van der Waals surface area contributed by atoms with Crippen LogP contribution in [0.15, 0.2) is 36.4 Å². The Morgan fingerprint density at radius 3 is 3.17 bits per heavy atom. The Hall–Kier alpha value is -2.54. The molecule has 0 saturated heterocycles. The molecule has 7 nitrogen and oxygen atoms in total. The first kappa shape index (κ1) is 15.0. The Morgan fingerprint density at radius 1 is 1.21 bits per heavy atom. The molecule has 1 aliphatic rings. The highest BCUT2D eigenvalue weighted by atomic mass is 16.5. The molecular weight excluding hydrogens is 304 g/mol. The smallest absolute Gasteiger partial charge is 0.200 e. The SMILES string of the molecule is c1ccc2c(c1)CCC[C@H]2OCCCNc1ccc2nnnn2n1. The van der Waals surface area contributed by atoms with Gasteiger partial charge < -0.3 is 10.1 Å². The summed E-state index contributed by atoms with van der Waals surface area (Å²) in [6, 6.07) is 12.3. The molecule has 2 heterocycles. The van der Waals surface area contributed by atoms with E-state index >= 15 is 0 Å². The fourth-order valence-electron chi connectivity index (χ4n) is 3.14. The van der Waals surface area contributed by atoms with Gasteiger partial charge in [-0.05, 0) is 59.4 Å². The number of aryl methyl sites for hydroxylation is 1. The molecule has 24 heavy (non-hydrogen) atoms. The molecule has 1 aliphatic carbocycles. The van der Waals surface area contributed by atoms with E-state index in [4.69, 9.17) is 4.74 Å². The van der Waals surface area contributed by atoms with Crippen molar-refractivity contribution in [1.82, 2.24) is 25.3 Å². The minimum atomic E-state index is 0.241. The molecule has 2 aromatic heterocycles. The summed E-state index contributed by atoms with van der Waals surface area (Å²) >= 11 is 0. The normalized spacial score (nSPS) is 16.9. The number of fused-ring (bicyclic) bond motifs is 2. The Morgan fingerprint density at radius 2 is 2.17 bits per heavy atom. The highest BCUT2D eigenvalue weighted by Crippen LogP contribution is 2.32. The van der Waals surface area contributed by atoms with E-state index in [0.29, 0.717) is 5.65 Å². The lowest BCUT2D eigenvalue weighted by Crippen LogP contribution is -2.15. The van der Waals surface area contributed by atoms with Gasteiger partial charge in [0.1, 0.15) is 5.82 Å².